The van der Waals surface area contributed by atoms with E-state index < -0.39 is 15.9 Å². The molecule has 0 aliphatic heterocycles. The van der Waals surface area contributed by atoms with Gasteiger partial charge in [-0.05, 0) is 30.2 Å². The zero-order chi connectivity index (χ0) is 20.6. The number of hydrogen-bond donors (Lipinski definition) is 1. The Bertz CT molecular complexity index is 885. The molecule has 0 bridgehead atoms. The number of sulfonamides is 1. The molecule has 2 aromatic rings. The second kappa shape index (κ2) is 10.1. The number of amides is 1. The van der Waals surface area contributed by atoms with E-state index in [0.717, 1.165) is 21.7 Å². The summed E-state index contributed by atoms with van der Waals surface area (Å²) in [6, 6.07) is 14.9. The van der Waals surface area contributed by atoms with Crippen molar-refractivity contribution in [1.82, 2.24) is 5.32 Å². The van der Waals surface area contributed by atoms with Crippen LogP contribution in [-0.2, 0) is 26.2 Å². The number of carbonyl (C=O) groups is 1. The van der Waals surface area contributed by atoms with Crippen molar-refractivity contribution in [3.63, 3.8) is 0 Å². The number of aryl methyl sites for hydroxylation is 1. The number of anilines is 1. The molecular weight excluding hydrogens is 380 g/mol. The van der Waals surface area contributed by atoms with Gasteiger partial charge in [0, 0.05) is 6.54 Å². The first-order valence-corrected chi connectivity index (χ1v) is 10.7. The van der Waals surface area contributed by atoms with Crippen LogP contribution in [0.3, 0.4) is 0 Å². The Hall–Kier alpha value is -2.58. The molecule has 0 atom stereocenters. The molecule has 0 saturated carbocycles. The third-order valence-corrected chi connectivity index (χ3v) is 5.10. The van der Waals surface area contributed by atoms with Crippen LogP contribution in [0.25, 0.3) is 0 Å². The molecule has 1 N–H and O–H groups in total. The van der Waals surface area contributed by atoms with E-state index in [1.54, 1.807) is 12.1 Å². The number of hydrogen-bond acceptors (Lipinski definition) is 5. The number of rotatable bonds is 10. The van der Waals surface area contributed by atoms with Crippen molar-refractivity contribution in [2.24, 2.45) is 0 Å². The predicted octanol–water partition coefficient (Wildman–Crippen LogP) is 2.10. The van der Waals surface area contributed by atoms with Gasteiger partial charge >= 0.3 is 0 Å². The standard InChI is InChI=1S/C20H26N2O5S/c1-16-9-10-19(26-2)18(13-16)22(28(3,24)25)14-20(23)21-11-12-27-15-17-7-5-4-6-8-17/h4-10,13H,11-12,14-15H2,1-3H3,(H,21,23). The molecule has 0 fully saturated rings. The van der Waals surface area contributed by atoms with E-state index in [-0.39, 0.29) is 13.1 Å². The second-order valence-electron chi connectivity index (χ2n) is 6.33. The number of methoxy groups -OCH3 is 1. The van der Waals surface area contributed by atoms with Crippen LogP contribution >= 0.6 is 0 Å². The molecular formula is C20H26N2O5S. The summed E-state index contributed by atoms with van der Waals surface area (Å²) in [5.41, 5.74) is 2.24. The van der Waals surface area contributed by atoms with Gasteiger partial charge in [-0.15, -0.1) is 0 Å². The fourth-order valence-corrected chi connectivity index (χ4v) is 3.44. The molecule has 1 amide bonds. The number of ether oxygens (including phenoxy) is 2. The maximum Gasteiger partial charge on any atom is 0.240 e. The summed E-state index contributed by atoms with van der Waals surface area (Å²) in [6.45, 7) is 2.57. The minimum atomic E-state index is -3.67. The van der Waals surface area contributed by atoms with Crippen molar-refractivity contribution in [2.45, 2.75) is 13.5 Å². The summed E-state index contributed by atoms with van der Waals surface area (Å²) in [6.07, 6.45) is 1.06. The van der Waals surface area contributed by atoms with Crippen molar-refractivity contribution in [2.75, 3.05) is 37.4 Å². The molecule has 8 heteroatoms. The van der Waals surface area contributed by atoms with Crippen LogP contribution in [-0.4, -0.2) is 47.4 Å². The molecule has 2 aromatic carbocycles. The van der Waals surface area contributed by atoms with Gasteiger partial charge < -0.3 is 14.8 Å². The van der Waals surface area contributed by atoms with Gasteiger partial charge in [0.25, 0.3) is 0 Å². The Morgan fingerprint density at radius 1 is 1.14 bits per heavy atom. The van der Waals surface area contributed by atoms with Crippen LogP contribution in [0.5, 0.6) is 5.75 Å². The molecule has 28 heavy (non-hydrogen) atoms. The first-order valence-electron chi connectivity index (χ1n) is 8.82. The van der Waals surface area contributed by atoms with Crippen molar-refractivity contribution in [3.05, 3.63) is 59.7 Å². The maximum absolute atomic E-state index is 12.3. The summed E-state index contributed by atoms with van der Waals surface area (Å²) in [5.74, 6) is -0.0349. The smallest absolute Gasteiger partial charge is 0.240 e. The van der Waals surface area contributed by atoms with E-state index in [9.17, 15) is 13.2 Å². The lowest BCUT2D eigenvalue weighted by atomic mass is 10.2. The summed E-state index contributed by atoms with van der Waals surface area (Å²) in [5, 5.41) is 2.68. The second-order valence-corrected chi connectivity index (χ2v) is 8.24. The number of benzene rings is 2. The molecule has 0 spiro atoms. The van der Waals surface area contributed by atoms with Gasteiger partial charge in [-0.2, -0.15) is 0 Å². The lowest BCUT2D eigenvalue weighted by Gasteiger charge is -2.24. The molecule has 0 aromatic heterocycles. The summed E-state index contributed by atoms with van der Waals surface area (Å²) >= 11 is 0. The van der Waals surface area contributed by atoms with Crippen LogP contribution in [0.4, 0.5) is 5.69 Å². The Morgan fingerprint density at radius 2 is 1.86 bits per heavy atom. The van der Waals surface area contributed by atoms with E-state index >= 15 is 0 Å². The zero-order valence-corrected chi connectivity index (χ0v) is 17.2. The summed E-state index contributed by atoms with van der Waals surface area (Å²) < 4.78 is 36.3. The van der Waals surface area contributed by atoms with E-state index in [1.807, 2.05) is 43.3 Å². The lowest BCUT2D eigenvalue weighted by Crippen LogP contribution is -2.41. The van der Waals surface area contributed by atoms with Gasteiger partial charge in [0.05, 0.1) is 32.3 Å². The number of nitrogens with one attached hydrogen (secondary N) is 1. The minimum absolute atomic E-state index is 0.286. The van der Waals surface area contributed by atoms with Crippen LogP contribution < -0.4 is 14.4 Å². The van der Waals surface area contributed by atoms with E-state index in [1.165, 1.54) is 7.11 Å². The van der Waals surface area contributed by atoms with Gasteiger partial charge in [-0.25, -0.2) is 8.42 Å². The monoisotopic (exact) mass is 406 g/mol. The predicted molar refractivity (Wildman–Crippen MR) is 109 cm³/mol. The van der Waals surface area contributed by atoms with E-state index in [0.29, 0.717) is 24.7 Å². The highest BCUT2D eigenvalue weighted by atomic mass is 32.2. The quantitative estimate of drug-likeness (QED) is 0.611. The van der Waals surface area contributed by atoms with Gasteiger partial charge in [-0.1, -0.05) is 36.4 Å². The van der Waals surface area contributed by atoms with Crippen LogP contribution in [0, 0.1) is 6.92 Å². The van der Waals surface area contributed by atoms with Crippen molar-refractivity contribution in [1.29, 1.82) is 0 Å². The minimum Gasteiger partial charge on any atom is -0.495 e. The van der Waals surface area contributed by atoms with E-state index in [2.05, 4.69) is 5.32 Å². The number of nitrogens with zero attached hydrogens (tertiary/aromatic N) is 1. The Balaban J connectivity index is 1.92. The molecule has 0 unspecified atom stereocenters. The summed E-state index contributed by atoms with van der Waals surface area (Å²) in [7, 11) is -2.22. The van der Waals surface area contributed by atoms with Crippen LogP contribution in [0.2, 0.25) is 0 Å². The fourth-order valence-electron chi connectivity index (χ4n) is 2.59. The fraction of sp³-hybridized carbons (Fsp3) is 0.350. The molecule has 0 aliphatic carbocycles. The lowest BCUT2D eigenvalue weighted by molar-refractivity contribution is -0.119. The van der Waals surface area contributed by atoms with Crippen molar-refractivity contribution in [3.8, 4) is 5.75 Å². The van der Waals surface area contributed by atoms with Gasteiger partial charge in [-0.3, -0.25) is 9.10 Å². The van der Waals surface area contributed by atoms with Crippen LogP contribution in [0.15, 0.2) is 48.5 Å². The van der Waals surface area contributed by atoms with Gasteiger partial charge in [0.1, 0.15) is 12.3 Å². The largest absolute Gasteiger partial charge is 0.495 e. The molecule has 152 valence electrons. The van der Waals surface area contributed by atoms with Crippen LogP contribution in [0.1, 0.15) is 11.1 Å². The van der Waals surface area contributed by atoms with E-state index in [4.69, 9.17) is 9.47 Å². The first-order chi connectivity index (χ1) is 13.3. The highest BCUT2D eigenvalue weighted by molar-refractivity contribution is 7.92. The third kappa shape index (κ3) is 6.54. The molecule has 0 aliphatic rings. The molecule has 2 rings (SSSR count). The first kappa shape index (κ1) is 21.7. The molecule has 0 heterocycles. The Morgan fingerprint density at radius 3 is 2.50 bits per heavy atom. The Kier molecular flexibility index (Phi) is 7.83. The maximum atomic E-state index is 12.3. The zero-order valence-electron chi connectivity index (χ0n) is 16.3. The highest BCUT2D eigenvalue weighted by Crippen LogP contribution is 2.30. The molecule has 0 saturated heterocycles. The number of carbonyl (C=O) groups excluding carboxylic acids is 1. The average molecular weight is 407 g/mol. The third-order valence-electron chi connectivity index (χ3n) is 3.97. The molecule has 0 radical (unpaired) electrons. The Labute approximate surface area is 166 Å². The van der Waals surface area contributed by atoms with Crippen molar-refractivity contribution >= 4 is 21.6 Å². The van der Waals surface area contributed by atoms with Gasteiger partial charge in [0.2, 0.25) is 15.9 Å². The summed E-state index contributed by atoms with van der Waals surface area (Å²) in [4.78, 5) is 12.3. The SMILES string of the molecule is COc1ccc(C)cc1N(CC(=O)NCCOCc1ccccc1)S(C)(=O)=O. The normalized spacial score (nSPS) is 11.1. The van der Waals surface area contributed by atoms with Gasteiger partial charge in [0.15, 0.2) is 0 Å². The topological polar surface area (TPSA) is 84.9 Å². The highest BCUT2D eigenvalue weighted by Gasteiger charge is 2.24. The molecule has 7 nitrogen and oxygen atoms in total. The average Bonchev–Trinajstić information content (AvgIpc) is 2.65. The van der Waals surface area contributed by atoms with Crippen molar-refractivity contribution < 1.29 is 22.7 Å².